The molecule has 0 fully saturated rings. The quantitative estimate of drug-likeness (QED) is 0.548. The molecule has 0 spiro atoms. The Morgan fingerprint density at radius 2 is 1.84 bits per heavy atom. The van der Waals surface area contributed by atoms with Crippen molar-refractivity contribution < 1.29 is 26.3 Å². The predicted octanol–water partition coefficient (Wildman–Crippen LogP) is 4.57. The molecule has 0 N–H and O–H groups in total. The van der Waals surface area contributed by atoms with Gasteiger partial charge >= 0.3 is 12.4 Å². The molecule has 32 heavy (non-hydrogen) atoms. The Hall–Kier alpha value is -3.75. The summed E-state index contributed by atoms with van der Waals surface area (Å²) in [6.07, 6.45) is -5.93. The maximum atomic E-state index is 14.1. The fourth-order valence-corrected chi connectivity index (χ4v) is 3.60. The molecule has 2 aromatic heterocycles. The maximum absolute atomic E-state index is 14.1. The number of halogens is 6. The van der Waals surface area contributed by atoms with Gasteiger partial charge in [0.25, 0.3) is 0 Å². The molecule has 3 heterocycles. The lowest BCUT2D eigenvalue weighted by atomic mass is 9.77. The molecule has 0 saturated heterocycles. The SMILES string of the molecule is N#Cc1cc(C2CC(c3cncc(C(F)(F)F)c3)(C(F)(F)F)C=N2)ccc1-n1cncn1. The van der Waals surface area contributed by atoms with E-state index in [0.717, 1.165) is 6.20 Å². The van der Waals surface area contributed by atoms with Crippen LogP contribution in [-0.4, -0.2) is 32.1 Å². The Balaban J connectivity index is 1.73. The average Bonchev–Trinajstić information content (AvgIpc) is 3.43. The van der Waals surface area contributed by atoms with Gasteiger partial charge in [-0.1, -0.05) is 6.07 Å². The third-order valence-corrected chi connectivity index (χ3v) is 5.27. The van der Waals surface area contributed by atoms with Crippen LogP contribution in [0.15, 0.2) is 54.3 Å². The van der Waals surface area contributed by atoms with Gasteiger partial charge in [-0.2, -0.15) is 36.7 Å². The number of aromatic nitrogens is 4. The van der Waals surface area contributed by atoms with Crippen LogP contribution < -0.4 is 0 Å². The van der Waals surface area contributed by atoms with Crippen molar-refractivity contribution in [3.05, 3.63) is 71.6 Å². The number of pyridine rings is 1. The summed E-state index contributed by atoms with van der Waals surface area (Å²) in [5.74, 6) is 0. The van der Waals surface area contributed by atoms with Crippen LogP contribution >= 0.6 is 0 Å². The lowest BCUT2D eigenvalue weighted by Gasteiger charge is -2.30. The maximum Gasteiger partial charge on any atom is 0.417 e. The summed E-state index contributed by atoms with van der Waals surface area (Å²) in [5.41, 5.74) is -3.85. The number of nitrogens with zero attached hydrogens (tertiary/aromatic N) is 6. The summed E-state index contributed by atoms with van der Waals surface area (Å²) >= 11 is 0. The molecule has 2 atom stereocenters. The van der Waals surface area contributed by atoms with Crippen molar-refractivity contribution in [2.75, 3.05) is 0 Å². The van der Waals surface area contributed by atoms with Crippen molar-refractivity contribution in [1.29, 1.82) is 5.26 Å². The third-order valence-electron chi connectivity index (χ3n) is 5.27. The Labute approximate surface area is 176 Å². The van der Waals surface area contributed by atoms with E-state index in [9.17, 15) is 31.6 Å². The van der Waals surface area contributed by atoms with Gasteiger partial charge in [-0.05, 0) is 35.7 Å². The summed E-state index contributed by atoms with van der Waals surface area (Å²) in [6.45, 7) is 0. The molecular weight excluding hydrogens is 438 g/mol. The Morgan fingerprint density at radius 1 is 1.06 bits per heavy atom. The zero-order valence-corrected chi connectivity index (χ0v) is 15.9. The first-order valence-corrected chi connectivity index (χ1v) is 9.08. The normalized spacial score (nSPS) is 21.0. The van der Waals surface area contributed by atoms with Crippen LogP contribution in [0, 0.1) is 11.3 Å². The van der Waals surface area contributed by atoms with E-state index in [4.69, 9.17) is 0 Å². The van der Waals surface area contributed by atoms with Gasteiger partial charge in [0.1, 0.15) is 24.1 Å². The van der Waals surface area contributed by atoms with Gasteiger partial charge in [0, 0.05) is 18.6 Å². The zero-order valence-electron chi connectivity index (χ0n) is 15.9. The first-order valence-electron chi connectivity index (χ1n) is 9.08. The van der Waals surface area contributed by atoms with E-state index in [1.54, 1.807) is 0 Å². The highest BCUT2D eigenvalue weighted by molar-refractivity contribution is 5.78. The molecule has 0 amide bonds. The van der Waals surface area contributed by atoms with E-state index in [-0.39, 0.29) is 5.56 Å². The van der Waals surface area contributed by atoms with Crippen LogP contribution in [0.25, 0.3) is 5.69 Å². The Kier molecular flexibility index (Phi) is 4.99. The van der Waals surface area contributed by atoms with Crippen LogP contribution in [-0.2, 0) is 11.6 Å². The van der Waals surface area contributed by atoms with E-state index < -0.39 is 41.4 Å². The van der Waals surface area contributed by atoms with Gasteiger partial charge in [-0.15, -0.1) is 0 Å². The lowest BCUT2D eigenvalue weighted by Crippen LogP contribution is -2.42. The van der Waals surface area contributed by atoms with Gasteiger partial charge in [-0.25, -0.2) is 9.67 Å². The molecule has 164 valence electrons. The minimum Gasteiger partial charge on any atom is -0.288 e. The smallest absolute Gasteiger partial charge is 0.288 e. The van der Waals surface area contributed by atoms with Crippen molar-refractivity contribution in [3.8, 4) is 11.8 Å². The Bertz CT molecular complexity index is 1210. The van der Waals surface area contributed by atoms with Gasteiger partial charge in [0.2, 0.25) is 0 Å². The first-order chi connectivity index (χ1) is 15.0. The fourth-order valence-electron chi connectivity index (χ4n) is 3.60. The van der Waals surface area contributed by atoms with Crippen LogP contribution in [0.3, 0.4) is 0 Å². The molecule has 0 saturated carbocycles. The number of alkyl halides is 6. The Morgan fingerprint density at radius 3 is 2.47 bits per heavy atom. The molecule has 0 aliphatic carbocycles. The van der Waals surface area contributed by atoms with Gasteiger partial charge in [-0.3, -0.25) is 9.98 Å². The first kappa shape index (κ1) is 21.5. The standard InChI is InChI=1S/C20H12F6N6/c21-19(22,23)15-4-14(7-28-8-15)18(20(24,25)26)5-16(30-9-18)12-1-2-17(13(3-12)6-27)32-11-29-10-31-32/h1-4,7-11,16H,5H2. The van der Waals surface area contributed by atoms with Crippen LogP contribution in [0.1, 0.15) is 34.7 Å². The van der Waals surface area contributed by atoms with Crippen LogP contribution in [0.4, 0.5) is 26.3 Å². The molecule has 4 rings (SSSR count). The predicted molar refractivity (Wildman–Crippen MR) is 98.9 cm³/mol. The molecule has 1 aromatic carbocycles. The molecule has 12 heteroatoms. The second-order valence-electron chi connectivity index (χ2n) is 7.16. The number of aliphatic imine (C=N–C) groups is 1. The highest BCUT2D eigenvalue weighted by Crippen LogP contribution is 2.50. The van der Waals surface area contributed by atoms with E-state index in [0.29, 0.717) is 29.7 Å². The summed E-state index contributed by atoms with van der Waals surface area (Å²) < 4.78 is 82.9. The van der Waals surface area contributed by atoms with Crippen LogP contribution in [0.5, 0.6) is 0 Å². The lowest BCUT2D eigenvalue weighted by molar-refractivity contribution is -0.169. The van der Waals surface area contributed by atoms with Crippen molar-refractivity contribution in [2.45, 2.75) is 30.2 Å². The molecule has 0 bridgehead atoms. The van der Waals surface area contributed by atoms with Crippen molar-refractivity contribution in [2.24, 2.45) is 4.99 Å². The number of nitriles is 1. The number of hydrogen-bond donors (Lipinski definition) is 0. The molecule has 1 aliphatic rings. The summed E-state index contributed by atoms with van der Waals surface area (Å²) in [7, 11) is 0. The van der Waals surface area contributed by atoms with Crippen molar-refractivity contribution >= 4 is 6.21 Å². The summed E-state index contributed by atoms with van der Waals surface area (Å²) in [4.78, 5) is 11.1. The van der Waals surface area contributed by atoms with Gasteiger partial charge in [0.15, 0.2) is 0 Å². The molecule has 3 aromatic rings. The molecular formula is C20H12F6N6. The van der Waals surface area contributed by atoms with E-state index in [1.165, 1.54) is 35.5 Å². The highest BCUT2D eigenvalue weighted by atomic mass is 19.4. The zero-order chi connectivity index (χ0) is 23.1. The van der Waals surface area contributed by atoms with Crippen LogP contribution in [0.2, 0.25) is 0 Å². The number of rotatable bonds is 3. The second-order valence-corrected chi connectivity index (χ2v) is 7.16. The largest absolute Gasteiger partial charge is 0.417 e. The molecule has 1 aliphatic heterocycles. The molecule has 0 radical (unpaired) electrons. The number of hydrogen-bond acceptors (Lipinski definition) is 5. The topological polar surface area (TPSA) is 79.8 Å². The van der Waals surface area contributed by atoms with E-state index >= 15 is 0 Å². The molecule has 6 nitrogen and oxygen atoms in total. The summed E-state index contributed by atoms with van der Waals surface area (Å²) in [6, 6.07) is 5.76. The van der Waals surface area contributed by atoms with Crippen molar-refractivity contribution in [1.82, 2.24) is 19.7 Å². The highest BCUT2D eigenvalue weighted by Gasteiger charge is 2.58. The third kappa shape index (κ3) is 3.59. The fraction of sp³-hybridized carbons (Fsp3) is 0.250. The van der Waals surface area contributed by atoms with Gasteiger partial charge < -0.3 is 0 Å². The van der Waals surface area contributed by atoms with Gasteiger partial charge in [0.05, 0.1) is 22.9 Å². The minimum atomic E-state index is -4.92. The number of benzene rings is 1. The molecule has 2 unspecified atom stereocenters. The second kappa shape index (κ2) is 7.44. The van der Waals surface area contributed by atoms with E-state index in [1.807, 2.05) is 6.07 Å². The van der Waals surface area contributed by atoms with Crippen molar-refractivity contribution in [3.63, 3.8) is 0 Å². The summed E-state index contributed by atoms with van der Waals surface area (Å²) in [5, 5.41) is 13.4. The van der Waals surface area contributed by atoms with E-state index in [2.05, 4.69) is 20.1 Å². The monoisotopic (exact) mass is 450 g/mol. The minimum absolute atomic E-state index is 0.133. The average molecular weight is 450 g/mol.